The summed E-state index contributed by atoms with van der Waals surface area (Å²) >= 11 is 7.27. The zero-order chi connectivity index (χ0) is 12.4. The molecule has 0 amide bonds. The van der Waals surface area contributed by atoms with E-state index in [9.17, 15) is 0 Å². The fraction of sp³-hybridized carbons (Fsp3) is 0.900. The van der Waals surface area contributed by atoms with Gasteiger partial charge in [-0.1, -0.05) is 32.2 Å². The van der Waals surface area contributed by atoms with Gasteiger partial charge in [-0.2, -0.15) is 0 Å². The van der Waals surface area contributed by atoms with Gasteiger partial charge in [0.25, 0.3) is 0 Å². The Balaban J connectivity index is 4.24. The van der Waals surface area contributed by atoms with Crippen molar-refractivity contribution in [1.82, 2.24) is 5.09 Å². The summed E-state index contributed by atoms with van der Waals surface area (Å²) in [6.07, 6.45) is 2.69. The molecular weight excluding hydrogens is 259 g/mol. The lowest BCUT2D eigenvalue weighted by Gasteiger charge is -2.21. The highest BCUT2D eigenvalue weighted by atomic mass is 32.9. The molecule has 0 aliphatic carbocycles. The van der Waals surface area contributed by atoms with Gasteiger partial charge >= 0.3 is 0 Å². The largest absolute Gasteiger partial charge is 0.326 e. The Morgan fingerprint density at radius 2 is 2.19 bits per heavy atom. The van der Waals surface area contributed by atoms with Crippen molar-refractivity contribution in [3.8, 4) is 0 Å². The van der Waals surface area contributed by atoms with Crippen LogP contribution in [-0.2, 0) is 16.3 Å². The molecule has 0 aromatic heterocycles. The van der Waals surface area contributed by atoms with Gasteiger partial charge in [-0.05, 0) is 31.1 Å². The number of rotatable bonds is 9. The van der Waals surface area contributed by atoms with Crippen LogP contribution in [0.3, 0.4) is 0 Å². The molecule has 3 nitrogen and oxygen atoms in total. The lowest BCUT2D eigenvalue weighted by atomic mass is 10.3. The summed E-state index contributed by atoms with van der Waals surface area (Å²) in [7, 11) is 0. The van der Waals surface area contributed by atoms with Gasteiger partial charge in [-0.25, -0.2) is 0 Å². The Hall–Kier alpha value is 0.430. The van der Waals surface area contributed by atoms with E-state index in [1.165, 1.54) is 0 Å². The van der Waals surface area contributed by atoms with Gasteiger partial charge in [-0.3, -0.25) is 4.99 Å². The number of hydrogen-bond donors (Lipinski definition) is 1. The fourth-order valence-electron chi connectivity index (χ4n) is 0.773. The van der Waals surface area contributed by atoms with Crippen LogP contribution >= 0.6 is 17.0 Å². The number of hydrogen-bond acceptors (Lipinski definition) is 4. The highest BCUT2D eigenvalue weighted by molar-refractivity contribution is 8.68. The molecule has 96 valence electrons. The lowest BCUT2D eigenvalue weighted by Crippen LogP contribution is -2.10. The first-order valence-electron chi connectivity index (χ1n) is 5.69. The SMILES string of the molecule is CCCOP(=S)(NC=NCC)SCC(C)C. The summed E-state index contributed by atoms with van der Waals surface area (Å²) in [6, 6.07) is 0. The summed E-state index contributed by atoms with van der Waals surface area (Å²) in [6.45, 7) is 9.95. The summed E-state index contributed by atoms with van der Waals surface area (Å²) in [5, 5.41) is 3.16. The zero-order valence-electron chi connectivity index (χ0n) is 10.6. The van der Waals surface area contributed by atoms with E-state index in [1.54, 1.807) is 17.7 Å². The van der Waals surface area contributed by atoms with Crippen molar-refractivity contribution >= 4 is 35.1 Å². The van der Waals surface area contributed by atoms with Crippen LogP contribution in [0.4, 0.5) is 0 Å². The highest BCUT2D eigenvalue weighted by Gasteiger charge is 2.17. The van der Waals surface area contributed by atoms with E-state index in [0.29, 0.717) is 5.92 Å². The van der Waals surface area contributed by atoms with E-state index < -0.39 is 5.62 Å². The fourth-order valence-corrected chi connectivity index (χ4v) is 5.35. The third kappa shape index (κ3) is 8.57. The van der Waals surface area contributed by atoms with E-state index in [4.69, 9.17) is 16.3 Å². The lowest BCUT2D eigenvalue weighted by molar-refractivity contribution is 0.356. The van der Waals surface area contributed by atoms with Crippen LogP contribution in [0.5, 0.6) is 0 Å². The second kappa shape index (κ2) is 9.46. The molecule has 16 heavy (non-hydrogen) atoms. The third-order valence-electron chi connectivity index (χ3n) is 1.53. The first-order chi connectivity index (χ1) is 7.54. The average Bonchev–Trinajstić information content (AvgIpc) is 2.24. The van der Waals surface area contributed by atoms with Gasteiger partial charge in [0.2, 0.25) is 5.62 Å². The molecule has 0 heterocycles. The molecule has 0 aromatic carbocycles. The van der Waals surface area contributed by atoms with Gasteiger partial charge in [0.05, 0.1) is 12.9 Å². The minimum absolute atomic E-state index is 0.627. The Labute approximate surface area is 109 Å². The monoisotopic (exact) mass is 282 g/mol. The Bertz CT molecular complexity index is 247. The van der Waals surface area contributed by atoms with Crippen LogP contribution in [-0.4, -0.2) is 25.2 Å². The first-order valence-corrected chi connectivity index (χ1v) is 10.00. The van der Waals surface area contributed by atoms with Crippen LogP contribution in [0.15, 0.2) is 4.99 Å². The summed E-state index contributed by atoms with van der Waals surface area (Å²) in [5.74, 6) is 1.65. The Kier molecular flexibility index (Phi) is 9.71. The maximum Gasteiger partial charge on any atom is 0.211 e. The average molecular weight is 282 g/mol. The zero-order valence-corrected chi connectivity index (χ0v) is 13.1. The third-order valence-corrected chi connectivity index (χ3v) is 7.32. The van der Waals surface area contributed by atoms with E-state index in [-0.39, 0.29) is 0 Å². The second-order valence-corrected chi connectivity index (χ2v) is 10.4. The molecule has 0 rings (SSSR count). The van der Waals surface area contributed by atoms with Gasteiger partial charge in [0.15, 0.2) is 0 Å². The van der Waals surface area contributed by atoms with Crippen molar-refractivity contribution < 1.29 is 4.52 Å². The molecule has 0 saturated heterocycles. The van der Waals surface area contributed by atoms with E-state index in [2.05, 4.69) is 30.9 Å². The number of aliphatic imine (C=N–C) groups is 1. The minimum Gasteiger partial charge on any atom is -0.326 e. The van der Waals surface area contributed by atoms with E-state index >= 15 is 0 Å². The predicted molar refractivity (Wildman–Crippen MR) is 80.0 cm³/mol. The maximum atomic E-state index is 5.76. The Morgan fingerprint density at radius 1 is 1.50 bits per heavy atom. The van der Waals surface area contributed by atoms with Gasteiger partial charge in [0.1, 0.15) is 0 Å². The summed E-state index contributed by atoms with van der Waals surface area (Å²) in [4.78, 5) is 4.12. The molecule has 1 N–H and O–H groups in total. The van der Waals surface area contributed by atoms with E-state index in [1.807, 2.05) is 6.92 Å². The molecule has 0 aliphatic rings. The van der Waals surface area contributed by atoms with Crippen molar-refractivity contribution in [2.45, 2.75) is 34.1 Å². The summed E-state index contributed by atoms with van der Waals surface area (Å²) < 4.78 is 5.76. The van der Waals surface area contributed by atoms with Crippen LogP contribution in [0.2, 0.25) is 0 Å². The summed E-state index contributed by atoms with van der Waals surface area (Å²) in [5.41, 5.74) is -1.97. The molecule has 0 fully saturated rings. The molecule has 0 saturated carbocycles. The number of nitrogens with one attached hydrogen (secondary N) is 1. The molecular formula is C10H23N2OPS2. The normalized spacial score (nSPS) is 15.6. The smallest absolute Gasteiger partial charge is 0.211 e. The van der Waals surface area contributed by atoms with Crippen LogP contribution in [0.25, 0.3) is 0 Å². The van der Waals surface area contributed by atoms with Crippen LogP contribution in [0, 0.1) is 5.92 Å². The number of nitrogens with zero attached hydrogens (tertiary/aromatic N) is 1. The van der Waals surface area contributed by atoms with Crippen molar-refractivity contribution in [3.05, 3.63) is 0 Å². The van der Waals surface area contributed by atoms with Gasteiger partial charge in [-0.15, -0.1) is 0 Å². The highest BCUT2D eigenvalue weighted by Crippen LogP contribution is 2.56. The predicted octanol–water partition coefficient (Wildman–Crippen LogP) is 3.66. The van der Waals surface area contributed by atoms with E-state index in [0.717, 1.165) is 25.3 Å². The quantitative estimate of drug-likeness (QED) is 0.397. The molecule has 0 bridgehead atoms. The van der Waals surface area contributed by atoms with Gasteiger partial charge in [0, 0.05) is 12.3 Å². The van der Waals surface area contributed by atoms with Crippen LogP contribution in [0.1, 0.15) is 34.1 Å². The topological polar surface area (TPSA) is 33.6 Å². The second-order valence-electron chi connectivity index (χ2n) is 3.78. The molecule has 1 atom stereocenters. The van der Waals surface area contributed by atoms with Gasteiger partial charge < -0.3 is 9.61 Å². The Morgan fingerprint density at radius 3 is 2.69 bits per heavy atom. The van der Waals surface area contributed by atoms with Crippen molar-refractivity contribution in [2.75, 3.05) is 18.9 Å². The molecule has 0 radical (unpaired) electrons. The maximum absolute atomic E-state index is 5.76. The molecule has 1 unspecified atom stereocenters. The minimum atomic E-state index is -1.97. The molecule has 0 aromatic rings. The van der Waals surface area contributed by atoms with Crippen LogP contribution < -0.4 is 5.09 Å². The van der Waals surface area contributed by atoms with Crippen molar-refractivity contribution in [2.24, 2.45) is 10.9 Å². The molecule has 6 heteroatoms. The van der Waals surface area contributed by atoms with Crippen molar-refractivity contribution in [1.29, 1.82) is 0 Å². The first kappa shape index (κ1) is 16.4. The molecule has 0 spiro atoms. The molecule has 0 aliphatic heterocycles. The van der Waals surface area contributed by atoms with Crippen molar-refractivity contribution in [3.63, 3.8) is 0 Å². The standard InChI is InChI=1S/C10H23N2OPS2/c1-5-7-13-14(15,12-9-11-6-2)16-8-10(3)4/h9-10H,5-8H2,1-4H3,(H,11,12,15).